The average Bonchev–Trinajstić information content (AvgIpc) is 2.64. The van der Waals surface area contributed by atoms with Crippen LogP contribution >= 0.6 is 0 Å². The maximum Gasteiger partial charge on any atom is 0.410 e. The van der Waals surface area contributed by atoms with Crippen molar-refractivity contribution in [1.29, 1.82) is 0 Å². The van der Waals surface area contributed by atoms with E-state index in [1.165, 1.54) is 4.90 Å². The smallest absolute Gasteiger partial charge is 0.410 e. The van der Waals surface area contributed by atoms with Gasteiger partial charge in [0.15, 0.2) is 0 Å². The van der Waals surface area contributed by atoms with Gasteiger partial charge in [-0.25, -0.2) is 4.79 Å². The fraction of sp³-hybridized carbons (Fsp3) is 0.526. The Hall–Kier alpha value is -2.57. The van der Waals surface area contributed by atoms with Gasteiger partial charge in [0.25, 0.3) is 0 Å². The third-order valence-corrected chi connectivity index (χ3v) is 3.64. The number of ether oxygens (including phenoxy) is 3. The van der Waals surface area contributed by atoms with Crippen molar-refractivity contribution in [2.24, 2.45) is 5.92 Å². The number of esters is 2. The van der Waals surface area contributed by atoms with E-state index in [4.69, 9.17) is 14.2 Å². The van der Waals surface area contributed by atoms with Crippen LogP contribution in [-0.4, -0.2) is 49.2 Å². The lowest BCUT2D eigenvalue weighted by atomic mass is 10.1. The molecule has 0 aromatic heterocycles. The van der Waals surface area contributed by atoms with Gasteiger partial charge in [-0.1, -0.05) is 37.3 Å². The van der Waals surface area contributed by atoms with Crippen molar-refractivity contribution >= 4 is 18.0 Å². The van der Waals surface area contributed by atoms with Crippen LogP contribution in [0.1, 0.15) is 32.8 Å². The second-order valence-corrected chi connectivity index (χ2v) is 5.58. The molecule has 0 fully saturated rings. The molecule has 1 amide bonds. The average molecular weight is 365 g/mol. The lowest BCUT2D eigenvalue weighted by Crippen LogP contribution is -2.42. The van der Waals surface area contributed by atoms with Gasteiger partial charge in [-0.15, -0.1) is 0 Å². The zero-order chi connectivity index (χ0) is 19.4. The number of hydrogen-bond donors (Lipinski definition) is 0. The number of rotatable bonds is 10. The van der Waals surface area contributed by atoms with Gasteiger partial charge in [0, 0.05) is 6.54 Å². The molecule has 1 unspecified atom stereocenters. The molecule has 0 saturated carbocycles. The Balaban J connectivity index is 2.76. The molecule has 0 aliphatic rings. The summed E-state index contributed by atoms with van der Waals surface area (Å²) in [6.07, 6.45) is -0.200. The maximum absolute atomic E-state index is 12.4. The first-order valence-corrected chi connectivity index (χ1v) is 8.79. The molecule has 7 heteroatoms. The monoisotopic (exact) mass is 365 g/mol. The summed E-state index contributed by atoms with van der Waals surface area (Å²) in [5.41, 5.74) is 0.828. The zero-order valence-electron chi connectivity index (χ0n) is 15.6. The molecule has 0 N–H and O–H groups in total. The molecule has 0 spiro atoms. The Morgan fingerprint density at radius 3 is 2.19 bits per heavy atom. The molecule has 0 aliphatic carbocycles. The third kappa shape index (κ3) is 7.55. The van der Waals surface area contributed by atoms with E-state index in [9.17, 15) is 14.4 Å². The van der Waals surface area contributed by atoms with E-state index in [2.05, 4.69) is 0 Å². The molecule has 0 heterocycles. The molecule has 0 bridgehead atoms. The lowest BCUT2D eigenvalue weighted by Gasteiger charge is -2.25. The van der Waals surface area contributed by atoms with Gasteiger partial charge >= 0.3 is 18.0 Å². The Labute approximate surface area is 154 Å². The van der Waals surface area contributed by atoms with Crippen LogP contribution in [0.5, 0.6) is 0 Å². The fourth-order valence-electron chi connectivity index (χ4n) is 2.27. The molecule has 7 nitrogen and oxygen atoms in total. The standard InChI is InChI=1S/C19H27NO6/c1-4-16(18(22)25-6-3)12-20(13-17(21)24-5-2)19(23)26-14-15-10-8-7-9-11-15/h7-11,16H,4-6,12-14H2,1-3H3. The van der Waals surface area contributed by atoms with E-state index in [1.807, 2.05) is 37.3 Å². The van der Waals surface area contributed by atoms with Crippen LogP contribution in [0.4, 0.5) is 4.79 Å². The van der Waals surface area contributed by atoms with Gasteiger partial charge < -0.3 is 14.2 Å². The molecule has 1 atom stereocenters. The Morgan fingerprint density at radius 2 is 1.62 bits per heavy atom. The summed E-state index contributed by atoms with van der Waals surface area (Å²) in [5.74, 6) is -1.49. The molecule has 26 heavy (non-hydrogen) atoms. The van der Waals surface area contributed by atoms with Crippen LogP contribution in [0.25, 0.3) is 0 Å². The van der Waals surface area contributed by atoms with Crippen molar-refractivity contribution < 1.29 is 28.6 Å². The van der Waals surface area contributed by atoms with Crippen LogP contribution in [0, 0.1) is 5.92 Å². The number of nitrogens with zero attached hydrogens (tertiary/aromatic N) is 1. The van der Waals surface area contributed by atoms with Gasteiger partial charge in [-0.05, 0) is 25.8 Å². The molecule has 0 saturated heterocycles. The highest BCUT2D eigenvalue weighted by Gasteiger charge is 2.27. The van der Waals surface area contributed by atoms with Crippen molar-refractivity contribution in [2.45, 2.75) is 33.8 Å². The quantitative estimate of drug-likeness (QED) is 0.468. The minimum Gasteiger partial charge on any atom is -0.466 e. The Morgan fingerprint density at radius 1 is 0.962 bits per heavy atom. The molecule has 0 aliphatic heterocycles. The van der Waals surface area contributed by atoms with Crippen LogP contribution < -0.4 is 0 Å². The molecule has 0 radical (unpaired) electrons. The predicted molar refractivity (Wildman–Crippen MR) is 95.2 cm³/mol. The van der Waals surface area contributed by atoms with Gasteiger partial charge in [-0.3, -0.25) is 14.5 Å². The number of carbonyl (C=O) groups excluding carboxylic acids is 3. The predicted octanol–water partition coefficient (Wildman–Crippen LogP) is 2.78. The highest BCUT2D eigenvalue weighted by atomic mass is 16.6. The van der Waals surface area contributed by atoms with Gasteiger partial charge in [0.2, 0.25) is 0 Å². The van der Waals surface area contributed by atoms with Crippen molar-refractivity contribution in [2.75, 3.05) is 26.3 Å². The van der Waals surface area contributed by atoms with Crippen molar-refractivity contribution in [3.05, 3.63) is 35.9 Å². The molecule has 144 valence electrons. The van der Waals surface area contributed by atoms with Crippen LogP contribution in [0.15, 0.2) is 30.3 Å². The minimum atomic E-state index is -0.676. The molecular weight excluding hydrogens is 338 g/mol. The third-order valence-electron chi connectivity index (χ3n) is 3.64. The zero-order valence-corrected chi connectivity index (χ0v) is 15.6. The van der Waals surface area contributed by atoms with Gasteiger partial charge in [-0.2, -0.15) is 0 Å². The molecule has 1 aromatic carbocycles. The fourth-order valence-corrected chi connectivity index (χ4v) is 2.27. The lowest BCUT2D eigenvalue weighted by molar-refractivity contribution is -0.150. The molecular formula is C19H27NO6. The minimum absolute atomic E-state index is 0.0295. The number of carbonyl (C=O) groups is 3. The number of amides is 1. The largest absolute Gasteiger partial charge is 0.466 e. The highest BCUT2D eigenvalue weighted by Crippen LogP contribution is 2.11. The summed E-state index contributed by atoms with van der Waals surface area (Å²) in [6, 6.07) is 9.21. The van der Waals surface area contributed by atoms with E-state index in [1.54, 1.807) is 13.8 Å². The number of hydrogen-bond acceptors (Lipinski definition) is 6. The summed E-state index contributed by atoms with van der Waals surface area (Å²) in [4.78, 5) is 37.4. The normalized spacial score (nSPS) is 11.3. The summed E-state index contributed by atoms with van der Waals surface area (Å²) >= 11 is 0. The summed E-state index contributed by atoms with van der Waals surface area (Å²) < 4.78 is 15.2. The number of benzene rings is 1. The van der Waals surface area contributed by atoms with E-state index in [0.717, 1.165) is 5.56 Å². The Kier molecular flexibility index (Phi) is 9.82. The maximum atomic E-state index is 12.4. The van der Waals surface area contributed by atoms with Gasteiger partial charge in [0.1, 0.15) is 13.2 Å². The van der Waals surface area contributed by atoms with E-state index in [-0.39, 0.29) is 32.9 Å². The Bertz CT molecular complexity index is 575. The molecule has 1 rings (SSSR count). The van der Waals surface area contributed by atoms with Crippen molar-refractivity contribution in [1.82, 2.24) is 4.90 Å². The SMILES string of the molecule is CCOC(=O)CN(CC(CC)C(=O)OCC)C(=O)OCc1ccccc1. The highest BCUT2D eigenvalue weighted by molar-refractivity contribution is 5.79. The summed E-state index contributed by atoms with van der Waals surface area (Å²) in [5, 5.41) is 0. The van der Waals surface area contributed by atoms with Crippen LogP contribution in [0.2, 0.25) is 0 Å². The first kappa shape index (κ1) is 21.5. The second-order valence-electron chi connectivity index (χ2n) is 5.58. The summed E-state index contributed by atoms with van der Waals surface area (Å²) in [6.45, 7) is 5.51. The first-order valence-electron chi connectivity index (χ1n) is 8.79. The van der Waals surface area contributed by atoms with Gasteiger partial charge in [0.05, 0.1) is 19.1 Å². The van der Waals surface area contributed by atoms with E-state index >= 15 is 0 Å². The van der Waals surface area contributed by atoms with Crippen molar-refractivity contribution in [3.63, 3.8) is 0 Å². The summed E-state index contributed by atoms with van der Waals surface area (Å²) in [7, 11) is 0. The topological polar surface area (TPSA) is 82.1 Å². The first-order chi connectivity index (χ1) is 12.5. The van der Waals surface area contributed by atoms with E-state index < -0.39 is 23.9 Å². The van der Waals surface area contributed by atoms with E-state index in [0.29, 0.717) is 6.42 Å². The van der Waals surface area contributed by atoms with Crippen LogP contribution in [0.3, 0.4) is 0 Å². The van der Waals surface area contributed by atoms with Crippen molar-refractivity contribution in [3.8, 4) is 0 Å². The van der Waals surface area contributed by atoms with Crippen LogP contribution in [-0.2, 0) is 30.4 Å². The molecule has 1 aromatic rings. The second kappa shape index (κ2) is 11.9.